The van der Waals surface area contributed by atoms with Crippen molar-refractivity contribution >= 4 is 23.2 Å². The smallest absolute Gasteiger partial charge is 0.242 e. The number of benzene rings is 1. The molecule has 2 heterocycles. The largest absolute Gasteiger partial charge is 0.491 e. The number of amides is 2. The molecule has 1 aliphatic heterocycles. The summed E-state index contributed by atoms with van der Waals surface area (Å²) in [4.78, 5) is 30.8. The van der Waals surface area contributed by atoms with Crippen molar-refractivity contribution in [2.24, 2.45) is 5.92 Å². The zero-order chi connectivity index (χ0) is 22.4. The van der Waals surface area contributed by atoms with Crippen LogP contribution >= 0.6 is 11.3 Å². The number of carbonyl (C=O) groups is 2. The standard InChI is InChI=1S/C25H32N2O3S/c1-5-12-26(24(28)15-18(2)3)16-25(29)27-13-10-23-20(11-14-31-23)21(27)17-30-22-9-7-6-8-19(22)4/h5-9,11,14,18,21H,1,10,12-13,15-17H2,2-4H3/t21-/m0/s1. The van der Waals surface area contributed by atoms with Crippen molar-refractivity contribution in [1.82, 2.24) is 9.80 Å². The molecule has 1 aliphatic rings. The van der Waals surface area contributed by atoms with Crippen LogP contribution in [0.5, 0.6) is 5.75 Å². The summed E-state index contributed by atoms with van der Waals surface area (Å²) in [5.41, 5.74) is 2.22. The lowest BCUT2D eigenvalue weighted by molar-refractivity contribution is -0.142. The third kappa shape index (κ3) is 5.76. The first-order chi connectivity index (χ1) is 14.9. The number of ether oxygens (including phenoxy) is 1. The van der Waals surface area contributed by atoms with Crippen molar-refractivity contribution in [1.29, 1.82) is 0 Å². The van der Waals surface area contributed by atoms with Gasteiger partial charge in [-0.05, 0) is 47.9 Å². The van der Waals surface area contributed by atoms with Gasteiger partial charge in [0.05, 0.1) is 6.04 Å². The monoisotopic (exact) mass is 440 g/mol. The van der Waals surface area contributed by atoms with Crippen LogP contribution in [-0.4, -0.2) is 47.9 Å². The minimum atomic E-state index is -0.159. The lowest BCUT2D eigenvalue weighted by atomic mass is 10.00. The molecule has 0 bridgehead atoms. The van der Waals surface area contributed by atoms with Gasteiger partial charge < -0.3 is 14.5 Å². The predicted molar refractivity (Wildman–Crippen MR) is 125 cm³/mol. The van der Waals surface area contributed by atoms with Gasteiger partial charge in [0.25, 0.3) is 0 Å². The molecular formula is C25H32N2O3S. The lowest BCUT2D eigenvalue weighted by Crippen LogP contribution is -2.48. The fourth-order valence-electron chi connectivity index (χ4n) is 3.90. The molecule has 0 radical (unpaired) electrons. The Hall–Kier alpha value is -2.60. The fraction of sp³-hybridized carbons (Fsp3) is 0.440. The molecule has 1 atom stereocenters. The van der Waals surface area contributed by atoms with Gasteiger partial charge in [-0.15, -0.1) is 17.9 Å². The Morgan fingerprint density at radius 1 is 1.32 bits per heavy atom. The van der Waals surface area contributed by atoms with Gasteiger partial charge in [-0.2, -0.15) is 0 Å². The number of hydrogen-bond donors (Lipinski definition) is 0. The zero-order valence-corrected chi connectivity index (χ0v) is 19.5. The maximum absolute atomic E-state index is 13.3. The van der Waals surface area contributed by atoms with E-state index in [4.69, 9.17) is 4.74 Å². The first-order valence-corrected chi connectivity index (χ1v) is 11.7. The quantitative estimate of drug-likeness (QED) is 0.535. The van der Waals surface area contributed by atoms with Gasteiger partial charge in [0.2, 0.25) is 11.8 Å². The number of rotatable bonds is 9. The number of aryl methyl sites for hydroxylation is 1. The number of fused-ring (bicyclic) bond motifs is 1. The minimum absolute atomic E-state index is 0.0100. The number of para-hydroxylation sites is 1. The van der Waals surface area contributed by atoms with Gasteiger partial charge in [-0.1, -0.05) is 38.1 Å². The van der Waals surface area contributed by atoms with E-state index in [9.17, 15) is 9.59 Å². The normalized spacial score (nSPS) is 15.5. The summed E-state index contributed by atoms with van der Waals surface area (Å²) in [7, 11) is 0. The molecule has 31 heavy (non-hydrogen) atoms. The summed E-state index contributed by atoms with van der Waals surface area (Å²) in [5, 5.41) is 2.08. The Balaban J connectivity index is 1.77. The van der Waals surface area contributed by atoms with Crippen LogP contribution in [0.1, 0.15) is 42.3 Å². The van der Waals surface area contributed by atoms with Crippen LogP contribution in [0.2, 0.25) is 0 Å². The molecule has 0 aliphatic carbocycles. The molecule has 2 aromatic rings. The van der Waals surface area contributed by atoms with Crippen LogP contribution in [0.3, 0.4) is 0 Å². The second-order valence-electron chi connectivity index (χ2n) is 8.39. The van der Waals surface area contributed by atoms with Gasteiger partial charge >= 0.3 is 0 Å². The molecule has 0 unspecified atom stereocenters. The summed E-state index contributed by atoms with van der Waals surface area (Å²) in [6.07, 6.45) is 2.94. The molecule has 6 heteroatoms. The van der Waals surface area contributed by atoms with Crippen molar-refractivity contribution in [2.45, 2.75) is 39.7 Å². The van der Waals surface area contributed by atoms with Gasteiger partial charge in [-0.25, -0.2) is 0 Å². The Kier molecular flexibility index (Phi) is 7.91. The van der Waals surface area contributed by atoms with E-state index in [0.717, 1.165) is 23.3 Å². The fourth-order valence-corrected chi connectivity index (χ4v) is 4.83. The van der Waals surface area contributed by atoms with E-state index in [1.54, 1.807) is 22.3 Å². The number of carbonyl (C=O) groups excluding carboxylic acids is 2. The molecular weight excluding hydrogens is 408 g/mol. The predicted octanol–water partition coefficient (Wildman–Crippen LogP) is 4.62. The van der Waals surface area contributed by atoms with E-state index < -0.39 is 0 Å². The highest BCUT2D eigenvalue weighted by Gasteiger charge is 2.33. The molecule has 1 aromatic heterocycles. The van der Waals surface area contributed by atoms with Gasteiger partial charge in [-0.3, -0.25) is 9.59 Å². The second-order valence-corrected chi connectivity index (χ2v) is 9.39. The SMILES string of the molecule is C=CCN(CC(=O)N1CCc2sccc2[C@@H]1COc1ccccc1C)C(=O)CC(C)C. The van der Waals surface area contributed by atoms with Crippen molar-refractivity contribution in [2.75, 3.05) is 26.2 Å². The topological polar surface area (TPSA) is 49.9 Å². The van der Waals surface area contributed by atoms with Gasteiger partial charge in [0, 0.05) is 24.4 Å². The summed E-state index contributed by atoms with van der Waals surface area (Å²) < 4.78 is 6.15. The van der Waals surface area contributed by atoms with Crippen LogP contribution in [0.4, 0.5) is 0 Å². The first kappa shape index (κ1) is 23.1. The molecule has 0 N–H and O–H groups in total. The molecule has 0 fully saturated rings. The average Bonchev–Trinajstić information content (AvgIpc) is 3.21. The van der Waals surface area contributed by atoms with Crippen LogP contribution in [-0.2, 0) is 16.0 Å². The lowest BCUT2D eigenvalue weighted by Gasteiger charge is -2.37. The molecule has 3 rings (SSSR count). The van der Waals surface area contributed by atoms with Crippen molar-refractivity contribution in [3.05, 3.63) is 64.4 Å². The van der Waals surface area contributed by atoms with Crippen molar-refractivity contribution in [3.8, 4) is 5.75 Å². The Bertz CT molecular complexity index is 921. The van der Waals surface area contributed by atoms with E-state index in [1.165, 1.54) is 4.88 Å². The number of thiophene rings is 1. The Labute approximate surface area is 189 Å². The highest BCUT2D eigenvalue weighted by molar-refractivity contribution is 7.10. The van der Waals surface area contributed by atoms with Crippen molar-refractivity contribution in [3.63, 3.8) is 0 Å². The number of hydrogen-bond acceptors (Lipinski definition) is 4. The van der Waals surface area contributed by atoms with Crippen LogP contribution in [0, 0.1) is 12.8 Å². The Morgan fingerprint density at radius 2 is 2.10 bits per heavy atom. The highest BCUT2D eigenvalue weighted by Crippen LogP contribution is 2.34. The van der Waals surface area contributed by atoms with Crippen LogP contribution in [0.15, 0.2) is 48.4 Å². The van der Waals surface area contributed by atoms with Gasteiger partial charge in [0.15, 0.2) is 0 Å². The summed E-state index contributed by atoms with van der Waals surface area (Å²) in [6, 6.07) is 9.84. The van der Waals surface area contributed by atoms with Crippen molar-refractivity contribution < 1.29 is 14.3 Å². The van der Waals surface area contributed by atoms with E-state index >= 15 is 0 Å². The molecule has 166 valence electrons. The second kappa shape index (κ2) is 10.6. The average molecular weight is 441 g/mol. The van der Waals surface area contributed by atoms with E-state index in [0.29, 0.717) is 26.1 Å². The van der Waals surface area contributed by atoms with Crippen LogP contribution < -0.4 is 4.74 Å². The van der Waals surface area contributed by atoms with E-state index in [1.807, 2.05) is 49.9 Å². The summed E-state index contributed by atoms with van der Waals surface area (Å²) in [6.45, 7) is 11.3. The molecule has 0 saturated heterocycles. The first-order valence-electron chi connectivity index (χ1n) is 10.8. The zero-order valence-electron chi connectivity index (χ0n) is 18.7. The van der Waals surface area contributed by atoms with E-state index in [2.05, 4.69) is 18.0 Å². The Morgan fingerprint density at radius 3 is 2.81 bits per heavy atom. The summed E-state index contributed by atoms with van der Waals surface area (Å²) in [5.74, 6) is 1.02. The molecule has 0 saturated carbocycles. The molecule has 1 aromatic carbocycles. The molecule has 5 nitrogen and oxygen atoms in total. The van der Waals surface area contributed by atoms with E-state index in [-0.39, 0.29) is 30.3 Å². The minimum Gasteiger partial charge on any atom is -0.491 e. The van der Waals surface area contributed by atoms with Crippen LogP contribution in [0.25, 0.3) is 0 Å². The maximum Gasteiger partial charge on any atom is 0.242 e. The highest BCUT2D eigenvalue weighted by atomic mass is 32.1. The summed E-state index contributed by atoms with van der Waals surface area (Å²) >= 11 is 1.73. The third-order valence-corrected chi connectivity index (χ3v) is 6.51. The third-order valence-electron chi connectivity index (χ3n) is 5.52. The molecule has 2 amide bonds. The number of nitrogens with zero attached hydrogens (tertiary/aromatic N) is 2. The molecule has 0 spiro atoms. The maximum atomic E-state index is 13.3. The van der Waals surface area contributed by atoms with Gasteiger partial charge in [0.1, 0.15) is 18.9 Å².